The van der Waals surface area contributed by atoms with Gasteiger partial charge in [0.1, 0.15) is 18.1 Å². The molecular formula is C21H23N5O2. The monoisotopic (exact) mass is 377 g/mol. The van der Waals surface area contributed by atoms with Gasteiger partial charge in [-0.1, -0.05) is 36.4 Å². The molecule has 2 aromatic carbocycles. The molecule has 1 N–H and O–H groups in total. The van der Waals surface area contributed by atoms with Crippen molar-refractivity contribution < 1.29 is 9.53 Å². The summed E-state index contributed by atoms with van der Waals surface area (Å²) < 4.78 is 7.52. The Kier molecular flexibility index (Phi) is 5.61. The molecule has 1 aliphatic rings. The van der Waals surface area contributed by atoms with Gasteiger partial charge < -0.3 is 10.1 Å². The SMILES string of the molecule is O=C(Nc1cccc(OC2CCCC2)c1)C(Cc1ccccc1)n1cnnn1. The van der Waals surface area contributed by atoms with Crippen LogP contribution >= 0.6 is 0 Å². The van der Waals surface area contributed by atoms with E-state index in [1.54, 1.807) is 0 Å². The Morgan fingerprint density at radius 3 is 2.71 bits per heavy atom. The molecule has 0 saturated heterocycles. The van der Waals surface area contributed by atoms with E-state index in [2.05, 4.69) is 20.8 Å². The number of carbonyl (C=O) groups excluding carboxylic acids is 1. The molecule has 1 fully saturated rings. The quantitative estimate of drug-likeness (QED) is 0.682. The van der Waals surface area contributed by atoms with E-state index in [4.69, 9.17) is 4.74 Å². The standard InChI is InChI=1S/C21H23N5O2/c27-21(20(26-15-22-24-25-26)13-16-7-2-1-3-8-16)23-17-9-6-12-19(14-17)28-18-10-4-5-11-18/h1-3,6-9,12,14-15,18,20H,4-5,10-11,13H2,(H,23,27). The molecular weight excluding hydrogens is 354 g/mol. The van der Waals surface area contributed by atoms with Gasteiger partial charge in [-0.2, -0.15) is 0 Å². The van der Waals surface area contributed by atoms with Gasteiger partial charge in [0.05, 0.1) is 6.10 Å². The van der Waals surface area contributed by atoms with Crippen molar-refractivity contribution >= 4 is 11.6 Å². The van der Waals surface area contributed by atoms with Crippen molar-refractivity contribution in [1.82, 2.24) is 20.2 Å². The van der Waals surface area contributed by atoms with Crippen molar-refractivity contribution in [3.63, 3.8) is 0 Å². The number of nitrogens with one attached hydrogen (secondary N) is 1. The maximum absolute atomic E-state index is 13.0. The molecule has 1 aliphatic carbocycles. The summed E-state index contributed by atoms with van der Waals surface area (Å²) in [5, 5.41) is 14.3. The fourth-order valence-corrected chi connectivity index (χ4v) is 3.53. The number of anilines is 1. The van der Waals surface area contributed by atoms with Crippen molar-refractivity contribution in [2.45, 2.75) is 44.2 Å². The molecule has 0 bridgehead atoms. The van der Waals surface area contributed by atoms with Gasteiger partial charge in [0.25, 0.3) is 0 Å². The van der Waals surface area contributed by atoms with E-state index in [9.17, 15) is 4.79 Å². The van der Waals surface area contributed by atoms with Crippen LogP contribution in [-0.4, -0.2) is 32.2 Å². The van der Waals surface area contributed by atoms with Crippen LogP contribution in [0.15, 0.2) is 60.9 Å². The van der Waals surface area contributed by atoms with Gasteiger partial charge in [-0.15, -0.1) is 5.10 Å². The van der Waals surface area contributed by atoms with Gasteiger partial charge in [0.2, 0.25) is 5.91 Å². The number of hydrogen-bond donors (Lipinski definition) is 1. The second-order valence-electron chi connectivity index (χ2n) is 7.04. The Morgan fingerprint density at radius 2 is 1.96 bits per heavy atom. The van der Waals surface area contributed by atoms with E-state index in [1.165, 1.54) is 23.9 Å². The van der Waals surface area contributed by atoms with Crippen molar-refractivity contribution in [3.8, 4) is 5.75 Å². The van der Waals surface area contributed by atoms with Gasteiger partial charge in [-0.3, -0.25) is 4.79 Å². The third kappa shape index (κ3) is 4.54. The number of tetrazole rings is 1. The number of carbonyl (C=O) groups is 1. The summed E-state index contributed by atoms with van der Waals surface area (Å²) in [4.78, 5) is 13.0. The third-order valence-electron chi connectivity index (χ3n) is 4.97. The van der Waals surface area contributed by atoms with E-state index in [-0.39, 0.29) is 12.0 Å². The summed E-state index contributed by atoms with van der Waals surface area (Å²) in [6.07, 6.45) is 6.85. The van der Waals surface area contributed by atoms with Crippen LogP contribution in [0, 0.1) is 0 Å². The van der Waals surface area contributed by atoms with Crippen LogP contribution in [0.3, 0.4) is 0 Å². The zero-order valence-corrected chi connectivity index (χ0v) is 15.6. The highest BCUT2D eigenvalue weighted by Gasteiger charge is 2.23. The van der Waals surface area contributed by atoms with Crippen molar-refractivity contribution in [2.75, 3.05) is 5.32 Å². The molecule has 144 valence electrons. The van der Waals surface area contributed by atoms with E-state index in [1.807, 2.05) is 54.6 Å². The van der Waals surface area contributed by atoms with Crippen LogP contribution in [0.4, 0.5) is 5.69 Å². The Bertz CT molecular complexity index is 892. The minimum atomic E-state index is -0.545. The molecule has 1 saturated carbocycles. The second kappa shape index (κ2) is 8.65. The third-order valence-corrected chi connectivity index (χ3v) is 4.97. The first kappa shape index (κ1) is 18.2. The minimum absolute atomic E-state index is 0.172. The van der Waals surface area contributed by atoms with E-state index in [0.717, 1.165) is 24.2 Å². The molecule has 1 atom stereocenters. The summed E-state index contributed by atoms with van der Waals surface area (Å²) in [5.41, 5.74) is 1.74. The van der Waals surface area contributed by atoms with Crippen molar-refractivity contribution in [3.05, 3.63) is 66.5 Å². The Balaban J connectivity index is 1.48. The molecule has 0 radical (unpaired) electrons. The molecule has 1 amide bonds. The summed E-state index contributed by atoms with van der Waals surface area (Å²) in [7, 11) is 0. The van der Waals surface area contributed by atoms with Crippen LogP contribution < -0.4 is 10.1 Å². The largest absolute Gasteiger partial charge is 0.490 e. The first-order valence-electron chi connectivity index (χ1n) is 9.62. The molecule has 4 rings (SSSR count). The highest BCUT2D eigenvalue weighted by Crippen LogP contribution is 2.26. The zero-order valence-electron chi connectivity index (χ0n) is 15.6. The van der Waals surface area contributed by atoms with E-state index < -0.39 is 6.04 Å². The smallest absolute Gasteiger partial charge is 0.249 e. The number of benzene rings is 2. The number of nitrogens with zero attached hydrogens (tertiary/aromatic N) is 4. The highest BCUT2D eigenvalue weighted by molar-refractivity contribution is 5.94. The second-order valence-corrected chi connectivity index (χ2v) is 7.04. The molecule has 0 aliphatic heterocycles. The fraction of sp³-hybridized carbons (Fsp3) is 0.333. The van der Waals surface area contributed by atoms with Crippen LogP contribution in [0.5, 0.6) is 5.75 Å². The number of hydrogen-bond acceptors (Lipinski definition) is 5. The Hall–Kier alpha value is -3.22. The summed E-state index contributed by atoms with van der Waals surface area (Å²) in [6, 6.07) is 16.8. The lowest BCUT2D eigenvalue weighted by Gasteiger charge is -2.17. The van der Waals surface area contributed by atoms with Gasteiger partial charge in [-0.25, -0.2) is 4.68 Å². The summed E-state index contributed by atoms with van der Waals surface area (Å²) in [5.74, 6) is 0.612. The molecule has 0 spiro atoms. The first-order valence-corrected chi connectivity index (χ1v) is 9.62. The first-order chi connectivity index (χ1) is 13.8. The molecule has 3 aromatic rings. The molecule has 28 heavy (non-hydrogen) atoms. The van der Waals surface area contributed by atoms with E-state index in [0.29, 0.717) is 12.1 Å². The fourth-order valence-electron chi connectivity index (χ4n) is 3.53. The lowest BCUT2D eigenvalue weighted by Crippen LogP contribution is -2.28. The van der Waals surface area contributed by atoms with Gasteiger partial charge in [-0.05, 0) is 53.8 Å². The predicted octanol–water partition coefficient (Wildman–Crippen LogP) is 3.42. The summed E-state index contributed by atoms with van der Waals surface area (Å²) in [6.45, 7) is 0. The number of aromatic nitrogens is 4. The van der Waals surface area contributed by atoms with Gasteiger partial charge in [0, 0.05) is 18.2 Å². The van der Waals surface area contributed by atoms with Crippen LogP contribution in [0.1, 0.15) is 37.3 Å². The molecule has 1 unspecified atom stereocenters. The minimum Gasteiger partial charge on any atom is -0.490 e. The zero-order chi connectivity index (χ0) is 19.2. The van der Waals surface area contributed by atoms with Crippen LogP contribution in [-0.2, 0) is 11.2 Å². The maximum Gasteiger partial charge on any atom is 0.249 e. The summed E-state index contributed by atoms with van der Waals surface area (Å²) >= 11 is 0. The molecule has 1 heterocycles. The van der Waals surface area contributed by atoms with E-state index >= 15 is 0 Å². The molecule has 1 aromatic heterocycles. The number of rotatable bonds is 7. The molecule has 7 heteroatoms. The lowest BCUT2D eigenvalue weighted by molar-refractivity contribution is -0.119. The number of amides is 1. The predicted molar refractivity (Wildman–Crippen MR) is 105 cm³/mol. The van der Waals surface area contributed by atoms with Gasteiger partial charge >= 0.3 is 0 Å². The maximum atomic E-state index is 13.0. The lowest BCUT2D eigenvalue weighted by atomic mass is 10.1. The topological polar surface area (TPSA) is 81.9 Å². The average Bonchev–Trinajstić information content (AvgIpc) is 3.41. The Morgan fingerprint density at radius 1 is 1.14 bits per heavy atom. The van der Waals surface area contributed by atoms with Crippen molar-refractivity contribution in [1.29, 1.82) is 0 Å². The average molecular weight is 377 g/mol. The van der Waals surface area contributed by atoms with Crippen LogP contribution in [0.2, 0.25) is 0 Å². The van der Waals surface area contributed by atoms with Gasteiger partial charge in [0.15, 0.2) is 0 Å². The normalized spacial score (nSPS) is 15.3. The van der Waals surface area contributed by atoms with Crippen molar-refractivity contribution in [2.24, 2.45) is 0 Å². The highest BCUT2D eigenvalue weighted by atomic mass is 16.5. The van der Waals surface area contributed by atoms with Crippen LogP contribution in [0.25, 0.3) is 0 Å². The number of ether oxygens (including phenoxy) is 1. The Labute approximate surface area is 163 Å². The molecule has 7 nitrogen and oxygen atoms in total.